The van der Waals surface area contributed by atoms with E-state index in [1.807, 2.05) is 27.7 Å². The summed E-state index contributed by atoms with van der Waals surface area (Å²) in [5.41, 5.74) is 1.52. The third-order valence-corrected chi connectivity index (χ3v) is 4.07. The molecule has 1 rings (SSSR count). The molecule has 5 heteroatoms. The minimum absolute atomic E-state index is 0.349. The van der Waals surface area contributed by atoms with E-state index in [0.29, 0.717) is 10.0 Å². The van der Waals surface area contributed by atoms with Gasteiger partial charge in [0.25, 0.3) is 0 Å². The smallest absolute Gasteiger partial charge is 0.144 e. The molecule has 0 amide bonds. The van der Waals surface area contributed by atoms with Gasteiger partial charge in [0.15, 0.2) is 0 Å². The maximum atomic E-state index is 13.3. The molecule has 0 fully saturated rings. The molecule has 0 aliphatic heterocycles. The molecule has 2 nitrogen and oxygen atoms in total. The number of hydrogen-bond donors (Lipinski definition) is 0. The van der Waals surface area contributed by atoms with E-state index >= 15 is 0 Å². The Labute approximate surface area is 112 Å². The molecule has 17 heavy (non-hydrogen) atoms. The van der Waals surface area contributed by atoms with E-state index < -0.39 is 15.7 Å². The Morgan fingerprint density at radius 1 is 1.41 bits per heavy atom. The van der Waals surface area contributed by atoms with Crippen molar-refractivity contribution in [1.29, 1.82) is 0 Å². The minimum atomic E-state index is -1.32. The summed E-state index contributed by atoms with van der Waals surface area (Å²) in [5.74, 6) is -0.349. The number of rotatable bonds is 2. The van der Waals surface area contributed by atoms with Crippen molar-refractivity contribution in [2.75, 3.05) is 0 Å². The Balaban J connectivity index is 3.01. The summed E-state index contributed by atoms with van der Waals surface area (Å²) in [6, 6.07) is 3.06. The molecule has 0 saturated carbocycles. The van der Waals surface area contributed by atoms with E-state index in [1.165, 1.54) is 12.3 Å². The molecule has 1 aromatic carbocycles. The summed E-state index contributed by atoms with van der Waals surface area (Å²) in [4.78, 5) is 0. The third-order valence-electron chi connectivity index (χ3n) is 2.12. The molecule has 1 unspecified atom stereocenters. The first-order valence-electron chi connectivity index (χ1n) is 5.13. The summed E-state index contributed by atoms with van der Waals surface area (Å²) in [5, 5.41) is 0. The van der Waals surface area contributed by atoms with Crippen molar-refractivity contribution in [2.24, 2.45) is 4.40 Å². The normalized spacial score (nSPS) is 14.2. The van der Waals surface area contributed by atoms with Gasteiger partial charge in [0.1, 0.15) is 16.8 Å². The fourth-order valence-electron chi connectivity index (χ4n) is 1.06. The van der Waals surface area contributed by atoms with Gasteiger partial charge in [-0.15, -0.1) is 0 Å². The van der Waals surface area contributed by atoms with E-state index in [-0.39, 0.29) is 5.82 Å². The molecule has 0 aliphatic carbocycles. The van der Waals surface area contributed by atoms with Crippen LogP contribution in [0.5, 0.6) is 0 Å². The van der Waals surface area contributed by atoms with Gasteiger partial charge in [-0.25, -0.2) is 8.60 Å². The second-order valence-corrected chi connectivity index (χ2v) is 7.51. The lowest BCUT2D eigenvalue weighted by Crippen LogP contribution is -2.19. The Hall–Kier alpha value is -0.550. The highest BCUT2D eigenvalue weighted by Crippen LogP contribution is 2.20. The van der Waals surface area contributed by atoms with Crippen LogP contribution in [0.2, 0.25) is 0 Å². The molecular weight excluding hydrogens is 305 g/mol. The second-order valence-electron chi connectivity index (χ2n) is 4.72. The van der Waals surface area contributed by atoms with Crippen LogP contribution >= 0.6 is 15.9 Å². The van der Waals surface area contributed by atoms with E-state index in [4.69, 9.17) is 0 Å². The Bertz CT molecular complexity index is 480. The van der Waals surface area contributed by atoms with Gasteiger partial charge < -0.3 is 0 Å². The molecule has 1 atom stereocenters. The Morgan fingerprint density at radius 2 is 2.00 bits per heavy atom. The molecule has 0 radical (unpaired) electrons. The minimum Gasteiger partial charge on any atom is -0.234 e. The molecule has 0 saturated heterocycles. The van der Waals surface area contributed by atoms with Crippen molar-refractivity contribution in [3.8, 4) is 0 Å². The molecule has 0 aliphatic rings. The molecular formula is C12H15BrFNOS. The van der Waals surface area contributed by atoms with Gasteiger partial charge in [-0.2, -0.15) is 4.40 Å². The Kier molecular flexibility index (Phi) is 4.61. The first-order valence-corrected chi connectivity index (χ1v) is 7.03. The fraction of sp³-hybridized carbons (Fsp3) is 0.417. The highest BCUT2D eigenvalue weighted by molar-refractivity contribution is 9.10. The summed E-state index contributed by atoms with van der Waals surface area (Å²) in [6.07, 6.45) is 1.46. The summed E-state index contributed by atoms with van der Waals surface area (Å²) in [7, 11) is -1.32. The predicted molar refractivity (Wildman–Crippen MR) is 74.3 cm³/mol. The first kappa shape index (κ1) is 14.5. The summed E-state index contributed by atoms with van der Waals surface area (Å²) >= 11 is 3.11. The average Bonchev–Trinajstić information content (AvgIpc) is 2.19. The van der Waals surface area contributed by atoms with Crippen molar-refractivity contribution >= 4 is 33.1 Å². The van der Waals surface area contributed by atoms with Gasteiger partial charge in [-0.1, -0.05) is 0 Å². The van der Waals surface area contributed by atoms with Gasteiger partial charge in [0.2, 0.25) is 0 Å². The van der Waals surface area contributed by atoms with Crippen molar-refractivity contribution < 1.29 is 8.60 Å². The van der Waals surface area contributed by atoms with Crippen molar-refractivity contribution in [1.82, 2.24) is 0 Å². The van der Waals surface area contributed by atoms with Gasteiger partial charge in [-0.05, 0) is 66.9 Å². The second kappa shape index (κ2) is 5.40. The highest BCUT2D eigenvalue weighted by Gasteiger charge is 2.18. The zero-order valence-corrected chi connectivity index (χ0v) is 12.7. The van der Waals surface area contributed by atoms with E-state index in [9.17, 15) is 8.60 Å². The number of nitrogens with zero attached hydrogens (tertiary/aromatic N) is 1. The van der Waals surface area contributed by atoms with Crippen LogP contribution in [0, 0.1) is 12.7 Å². The van der Waals surface area contributed by atoms with Crippen molar-refractivity contribution in [3.05, 3.63) is 33.5 Å². The molecule has 0 N–H and O–H groups in total. The average molecular weight is 320 g/mol. The van der Waals surface area contributed by atoms with Crippen LogP contribution in [0.4, 0.5) is 4.39 Å². The lowest BCUT2D eigenvalue weighted by atomic mass is 10.1. The lowest BCUT2D eigenvalue weighted by Gasteiger charge is -2.12. The molecule has 0 bridgehead atoms. The van der Waals surface area contributed by atoms with Crippen molar-refractivity contribution in [2.45, 2.75) is 32.4 Å². The quantitative estimate of drug-likeness (QED) is 0.763. The number of benzene rings is 1. The van der Waals surface area contributed by atoms with Gasteiger partial charge in [-0.3, -0.25) is 0 Å². The van der Waals surface area contributed by atoms with Crippen LogP contribution in [-0.2, 0) is 11.0 Å². The maximum absolute atomic E-state index is 13.3. The number of halogens is 2. The van der Waals surface area contributed by atoms with E-state index in [1.54, 1.807) is 6.07 Å². The van der Waals surface area contributed by atoms with Crippen LogP contribution < -0.4 is 0 Å². The van der Waals surface area contributed by atoms with Gasteiger partial charge in [0.05, 0.1) is 9.22 Å². The van der Waals surface area contributed by atoms with E-state index in [0.717, 1.165) is 5.56 Å². The van der Waals surface area contributed by atoms with Crippen LogP contribution in [0.25, 0.3) is 0 Å². The molecule has 0 heterocycles. The van der Waals surface area contributed by atoms with Crippen LogP contribution in [0.3, 0.4) is 0 Å². The molecule has 0 spiro atoms. The van der Waals surface area contributed by atoms with Crippen molar-refractivity contribution in [3.63, 3.8) is 0 Å². The first-order chi connectivity index (χ1) is 7.71. The monoisotopic (exact) mass is 319 g/mol. The zero-order chi connectivity index (χ0) is 13.2. The van der Waals surface area contributed by atoms with Crippen LogP contribution in [0.1, 0.15) is 31.9 Å². The molecule has 94 valence electrons. The number of hydrogen-bond acceptors (Lipinski definition) is 1. The predicted octanol–water partition coefficient (Wildman–Crippen LogP) is 3.78. The third kappa shape index (κ3) is 4.00. The molecule has 1 aromatic rings. The highest BCUT2D eigenvalue weighted by atomic mass is 79.9. The SMILES string of the molecule is Cc1cc(Br)c(F)cc1C=NS(=O)C(C)(C)C. The van der Waals surface area contributed by atoms with Gasteiger partial charge >= 0.3 is 0 Å². The lowest BCUT2D eigenvalue weighted by molar-refractivity contribution is 0.620. The fourth-order valence-corrected chi connectivity index (χ4v) is 2.05. The molecule has 0 aromatic heterocycles. The summed E-state index contributed by atoms with van der Waals surface area (Å²) < 4.78 is 29.0. The standard InChI is InChI=1S/C12H15BrFNOS/c1-8-5-10(13)11(14)6-9(8)7-15-17(16)12(2,3)4/h5-7H,1-4H3. The Morgan fingerprint density at radius 3 is 2.53 bits per heavy atom. The van der Waals surface area contributed by atoms with Crippen LogP contribution in [-0.4, -0.2) is 15.2 Å². The van der Waals surface area contributed by atoms with E-state index in [2.05, 4.69) is 20.3 Å². The zero-order valence-electron chi connectivity index (χ0n) is 10.3. The largest absolute Gasteiger partial charge is 0.234 e. The summed E-state index contributed by atoms with van der Waals surface area (Å²) in [6.45, 7) is 7.38. The topological polar surface area (TPSA) is 29.4 Å². The van der Waals surface area contributed by atoms with Gasteiger partial charge in [0, 0.05) is 6.21 Å². The van der Waals surface area contributed by atoms with Crippen LogP contribution in [0.15, 0.2) is 21.0 Å². The maximum Gasteiger partial charge on any atom is 0.144 e. The number of aryl methyl sites for hydroxylation is 1.